The number of benzene rings is 1. The number of aliphatic carboxylic acids is 1. The van der Waals surface area contributed by atoms with Crippen LogP contribution in [0.25, 0.3) is 0 Å². The van der Waals surface area contributed by atoms with Crippen LogP contribution in [0.5, 0.6) is 0 Å². The lowest BCUT2D eigenvalue weighted by Crippen LogP contribution is -2.59. The Bertz CT molecular complexity index is 514. The zero-order valence-electron chi connectivity index (χ0n) is 9.37. The minimum absolute atomic E-state index is 0.285. The van der Waals surface area contributed by atoms with Gasteiger partial charge in [0.2, 0.25) is 0 Å². The quantitative estimate of drug-likeness (QED) is 0.894. The van der Waals surface area contributed by atoms with Gasteiger partial charge in [-0.2, -0.15) is 0 Å². The molecule has 0 unspecified atom stereocenters. The molecule has 1 amide bonds. The van der Waals surface area contributed by atoms with Crippen LogP contribution in [0.15, 0.2) is 22.7 Å². The number of carbonyl (C=O) groups excluding carboxylic acids is 1. The highest BCUT2D eigenvalue weighted by Crippen LogP contribution is 2.33. The Labute approximate surface area is 117 Å². The van der Waals surface area contributed by atoms with Gasteiger partial charge < -0.3 is 10.4 Å². The second kappa shape index (κ2) is 4.90. The Hall–Kier alpha value is -1.07. The van der Waals surface area contributed by atoms with Crippen LogP contribution in [-0.4, -0.2) is 22.5 Å². The third-order valence-electron chi connectivity index (χ3n) is 3.15. The zero-order chi connectivity index (χ0) is 13.3. The number of nitrogens with one attached hydrogen (secondary N) is 1. The van der Waals surface area contributed by atoms with E-state index >= 15 is 0 Å². The number of hydrogen-bond donors (Lipinski definition) is 2. The van der Waals surface area contributed by atoms with E-state index in [4.69, 9.17) is 16.7 Å². The van der Waals surface area contributed by atoms with E-state index in [1.807, 2.05) is 0 Å². The molecule has 1 aromatic rings. The van der Waals surface area contributed by atoms with Gasteiger partial charge in [-0.1, -0.05) is 27.5 Å². The minimum Gasteiger partial charge on any atom is -0.480 e. The van der Waals surface area contributed by atoms with Gasteiger partial charge in [-0.25, -0.2) is 4.79 Å². The molecule has 2 N–H and O–H groups in total. The molecule has 4 nitrogen and oxygen atoms in total. The zero-order valence-corrected chi connectivity index (χ0v) is 11.7. The average Bonchev–Trinajstić information content (AvgIpc) is 2.22. The molecule has 6 heteroatoms. The van der Waals surface area contributed by atoms with Crippen molar-refractivity contribution in [2.75, 3.05) is 0 Å². The van der Waals surface area contributed by atoms with Crippen LogP contribution in [0.1, 0.15) is 29.6 Å². The number of carboxylic acids is 1. The van der Waals surface area contributed by atoms with Gasteiger partial charge in [0.15, 0.2) is 0 Å². The molecule has 96 valence electrons. The summed E-state index contributed by atoms with van der Waals surface area (Å²) in [5, 5.41) is 12.0. The first-order chi connectivity index (χ1) is 8.44. The summed E-state index contributed by atoms with van der Waals surface area (Å²) in [7, 11) is 0. The van der Waals surface area contributed by atoms with E-state index in [-0.39, 0.29) is 5.56 Å². The molecule has 1 aliphatic carbocycles. The van der Waals surface area contributed by atoms with Crippen LogP contribution in [0.3, 0.4) is 0 Å². The first-order valence-corrected chi connectivity index (χ1v) is 6.63. The summed E-state index contributed by atoms with van der Waals surface area (Å²) in [5.74, 6) is -1.44. The molecule has 0 radical (unpaired) electrons. The first-order valence-electron chi connectivity index (χ1n) is 5.45. The first kappa shape index (κ1) is 13.4. The van der Waals surface area contributed by atoms with Gasteiger partial charge in [0.05, 0.1) is 10.6 Å². The van der Waals surface area contributed by atoms with E-state index in [0.29, 0.717) is 17.9 Å². The van der Waals surface area contributed by atoms with Crippen molar-refractivity contribution in [3.8, 4) is 0 Å². The molecule has 1 aromatic carbocycles. The van der Waals surface area contributed by atoms with Gasteiger partial charge in [0.1, 0.15) is 5.54 Å². The molecule has 0 saturated heterocycles. The number of carbonyl (C=O) groups is 2. The Morgan fingerprint density at radius 2 is 2.06 bits per heavy atom. The fraction of sp³-hybridized carbons (Fsp3) is 0.333. The normalized spacial score (nSPS) is 16.8. The molecule has 0 heterocycles. The van der Waals surface area contributed by atoms with Gasteiger partial charge in [0, 0.05) is 4.47 Å². The maximum Gasteiger partial charge on any atom is 0.329 e. The lowest BCUT2D eigenvalue weighted by Gasteiger charge is -2.38. The van der Waals surface area contributed by atoms with E-state index in [0.717, 1.165) is 10.9 Å². The second-order valence-corrected chi connectivity index (χ2v) is 5.64. The van der Waals surface area contributed by atoms with E-state index in [1.165, 1.54) is 0 Å². The van der Waals surface area contributed by atoms with Crippen LogP contribution in [0, 0.1) is 0 Å². The molecule has 0 bridgehead atoms. The predicted molar refractivity (Wildman–Crippen MR) is 70.8 cm³/mol. The highest BCUT2D eigenvalue weighted by Gasteiger charge is 2.45. The largest absolute Gasteiger partial charge is 0.480 e. The average molecular weight is 333 g/mol. The molecule has 0 aromatic heterocycles. The van der Waals surface area contributed by atoms with Crippen LogP contribution in [-0.2, 0) is 4.79 Å². The summed E-state index contributed by atoms with van der Waals surface area (Å²) < 4.78 is 0.764. The molecule has 0 spiro atoms. The highest BCUT2D eigenvalue weighted by molar-refractivity contribution is 9.10. The summed E-state index contributed by atoms with van der Waals surface area (Å²) >= 11 is 9.20. The van der Waals surface area contributed by atoms with Crippen LogP contribution in [0.2, 0.25) is 5.02 Å². The Kier molecular flexibility index (Phi) is 3.64. The van der Waals surface area contributed by atoms with Crippen LogP contribution < -0.4 is 5.32 Å². The second-order valence-electron chi connectivity index (χ2n) is 4.32. The van der Waals surface area contributed by atoms with E-state index in [9.17, 15) is 9.59 Å². The van der Waals surface area contributed by atoms with Crippen LogP contribution in [0.4, 0.5) is 0 Å². The number of carboxylic acid groups (broad SMARTS) is 1. The van der Waals surface area contributed by atoms with Crippen molar-refractivity contribution >= 4 is 39.4 Å². The highest BCUT2D eigenvalue weighted by atomic mass is 79.9. The Morgan fingerprint density at radius 3 is 2.50 bits per heavy atom. The fourth-order valence-corrected chi connectivity index (χ4v) is 2.64. The van der Waals surface area contributed by atoms with Crippen molar-refractivity contribution < 1.29 is 14.7 Å². The van der Waals surface area contributed by atoms with Crippen molar-refractivity contribution in [3.05, 3.63) is 33.3 Å². The maximum absolute atomic E-state index is 12.0. The molecular weight excluding hydrogens is 321 g/mol. The van der Waals surface area contributed by atoms with Gasteiger partial charge in [-0.15, -0.1) is 0 Å². The van der Waals surface area contributed by atoms with E-state index in [2.05, 4.69) is 21.2 Å². The van der Waals surface area contributed by atoms with E-state index in [1.54, 1.807) is 18.2 Å². The number of rotatable bonds is 3. The third kappa shape index (κ3) is 2.37. The Balaban J connectivity index is 2.19. The van der Waals surface area contributed by atoms with Gasteiger partial charge >= 0.3 is 5.97 Å². The summed E-state index contributed by atoms with van der Waals surface area (Å²) in [6, 6.07) is 4.86. The maximum atomic E-state index is 12.0. The number of amides is 1. The molecule has 0 aliphatic heterocycles. The molecule has 1 fully saturated rings. The standard InChI is InChI=1S/C12H11BrClNO3/c13-7-2-3-8(9(14)6-7)10(16)15-12(11(17)18)4-1-5-12/h2-3,6H,1,4-5H2,(H,15,16)(H,17,18). The fourth-order valence-electron chi connectivity index (χ4n) is 1.88. The van der Waals surface area contributed by atoms with Crippen molar-refractivity contribution in [3.63, 3.8) is 0 Å². The molecule has 1 saturated carbocycles. The smallest absolute Gasteiger partial charge is 0.329 e. The molecule has 2 rings (SSSR count). The lowest BCUT2D eigenvalue weighted by molar-refractivity contribution is -0.148. The monoisotopic (exact) mass is 331 g/mol. The van der Waals surface area contributed by atoms with Crippen LogP contribution >= 0.6 is 27.5 Å². The molecule has 0 atom stereocenters. The number of halogens is 2. The number of hydrogen-bond acceptors (Lipinski definition) is 2. The van der Waals surface area contributed by atoms with Gasteiger partial charge in [-0.05, 0) is 37.5 Å². The molecule has 1 aliphatic rings. The van der Waals surface area contributed by atoms with Crippen molar-refractivity contribution in [2.45, 2.75) is 24.8 Å². The topological polar surface area (TPSA) is 66.4 Å². The predicted octanol–water partition coefficient (Wildman–Crippen LogP) is 2.84. The lowest BCUT2D eigenvalue weighted by atomic mass is 9.76. The molecular formula is C12H11BrClNO3. The van der Waals surface area contributed by atoms with Crippen molar-refractivity contribution in [1.82, 2.24) is 5.32 Å². The molecule has 18 heavy (non-hydrogen) atoms. The minimum atomic E-state index is -1.12. The summed E-state index contributed by atoms with van der Waals surface area (Å²) in [5.41, 5.74) is -0.833. The van der Waals surface area contributed by atoms with Gasteiger partial charge in [0.25, 0.3) is 5.91 Å². The van der Waals surface area contributed by atoms with Crippen molar-refractivity contribution in [2.24, 2.45) is 0 Å². The summed E-state index contributed by atoms with van der Waals surface area (Å²) in [6.45, 7) is 0. The SMILES string of the molecule is O=C(NC1(C(=O)O)CCC1)c1ccc(Br)cc1Cl. The summed E-state index contributed by atoms with van der Waals surface area (Å²) in [6.07, 6.45) is 1.73. The van der Waals surface area contributed by atoms with Gasteiger partial charge in [-0.3, -0.25) is 4.79 Å². The Morgan fingerprint density at radius 1 is 1.39 bits per heavy atom. The van der Waals surface area contributed by atoms with E-state index < -0.39 is 17.4 Å². The van der Waals surface area contributed by atoms with Crippen molar-refractivity contribution in [1.29, 1.82) is 0 Å². The summed E-state index contributed by atoms with van der Waals surface area (Å²) in [4.78, 5) is 23.2. The third-order valence-corrected chi connectivity index (χ3v) is 3.95.